The summed E-state index contributed by atoms with van der Waals surface area (Å²) in [5.74, 6) is 1.03. The van der Waals surface area contributed by atoms with Gasteiger partial charge in [0.25, 0.3) is 0 Å². The molecule has 2 saturated carbocycles. The quantitative estimate of drug-likeness (QED) is 0.669. The van der Waals surface area contributed by atoms with Gasteiger partial charge in [-0.2, -0.15) is 0 Å². The Labute approximate surface area is 178 Å². The van der Waals surface area contributed by atoms with E-state index >= 15 is 0 Å². The molecule has 4 rings (SSSR count). The summed E-state index contributed by atoms with van der Waals surface area (Å²) in [6, 6.07) is 9.52. The van der Waals surface area contributed by atoms with Crippen molar-refractivity contribution in [3.63, 3.8) is 0 Å². The average Bonchev–Trinajstić information content (AvgIpc) is 3.17. The number of hydrogen-bond acceptors (Lipinski definition) is 4. The van der Waals surface area contributed by atoms with E-state index in [1.165, 1.54) is 30.2 Å². The van der Waals surface area contributed by atoms with E-state index in [-0.39, 0.29) is 16.6 Å². The maximum absolute atomic E-state index is 12.4. The fourth-order valence-corrected chi connectivity index (χ4v) is 4.85. The van der Waals surface area contributed by atoms with Gasteiger partial charge in [-0.1, -0.05) is 69.6 Å². The van der Waals surface area contributed by atoms with E-state index in [2.05, 4.69) is 65.1 Å². The Morgan fingerprint density at radius 2 is 1.76 bits per heavy atom. The first kappa shape index (κ1) is 20.5. The SMILES string of the molecule is CC(Sc1nnc(-c2ccc(C(C)(C)C)cc2)n1C1CCCC1)C(=O)NC1CC1. The van der Waals surface area contributed by atoms with Crippen molar-refractivity contribution >= 4 is 17.7 Å². The number of hydrogen-bond donors (Lipinski definition) is 1. The predicted octanol–water partition coefficient (Wildman–Crippen LogP) is 5.12. The van der Waals surface area contributed by atoms with Gasteiger partial charge in [0.1, 0.15) is 0 Å². The van der Waals surface area contributed by atoms with Crippen LogP contribution >= 0.6 is 11.8 Å². The summed E-state index contributed by atoms with van der Waals surface area (Å²) >= 11 is 1.54. The highest BCUT2D eigenvalue weighted by atomic mass is 32.2. The standard InChI is InChI=1S/C23H32N4OS/c1-15(21(28)24-18-13-14-18)29-22-26-25-20(27(22)19-7-5-6-8-19)16-9-11-17(12-10-16)23(2,3)4/h9-12,15,18-19H,5-8,13-14H2,1-4H3,(H,24,28). The molecule has 1 atom stereocenters. The first-order valence-electron chi connectivity index (χ1n) is 10.9. The number of rotatable bonds is 6. The largest absolute Gasteiger partial charge is 0.352 e. The van der Waals surface area contributed by atoms with Crippen LogP contribution in [-0.2, 0) is 10.2 Å². The van der Waals surface area contributed by atoms with Crippen molar-refractivity contribution in [2.24, 2.45) is 0 Å². The van der Waals surface area contributed by atoms with Gasteiger partial charge in [-0.05, 0) is 43.6 Å². The molecule has 6 heteroatoms. The van der Waals surface area contributed by atoms with E-state index in [0.29, 0.717) is 12.1 Å². The van der Waals surface area contributed by atoms with Gasteiger partial charge in [0.15, 0.2) is 11.0 Å². The number of nitrogens with one attached hydrogen (secondary N) is 1. The van der Waals surface area contributed by atoms with Crippen LogP contribution in [0.1, 0.15) is 77.8 Å². The minimum absolute atomic E-state index is 0.106. The van der Waals surface area contributed by atoms with Crippen molar-refractivity contribution in [1.82, 2.24) is 20.1 Å². The predicted molar refractivity (Wildman–Crippen MR) is 118 cm³/mol. The molecule has 2 aliphatic carbocycles. The van der Waals surface area contributed by atoms with E-state index in [4.69, 9.17) is 0 Å². The molecule has 5 nitrogen and oxygen atoms in total. The maximum atomic E-state index is 12.4. The lowest BCUT2D eigenvalue weighted by atomic mass is 9.86. The number of benzene rings is 1. The van der Waals surface area contributed by atoms with Gasteiger partial charge in [-0.15, -0.1) is 10.2 Å². The molecule has 156 valence electrons. The normalized spacial score (nSPS) is 18.8. The molecule has 2 fully saturated rings. The van der Waals surface area contributed by atoms with Crippen molar-refractivity contribution in [3.8, 4) is 11.4 Å². The zero-order valence-electron chi connectivity index (χ0n) is 17.9. The smallest absolute Gasteiger partial charge is 0.233 e. The lowest BCUT2D eigenvalue weighted by molar-refractivity contribution is -0.120. The number of amides is 1. The van der Waals surface area contributed by atoms with E-state index in [1.54, 1.807) is 0 Å². The van der Waals surface area contributed by atoms with E-state index < -0.39 is 0 Å². The molecule has 1 unspecified atom stereocenters. The van der Waals surface area contributed by atoms with Gasteiger partial charge in [0.2, 0.25) is 5.91 Å². The minimum atomic E-state index is -0.170. The first-order valence-corrected chi connectivity index (χ1v) is 11.7. The molecular weight excluding hydrogens is 380 g/mol. The molecule has 29 heavy (non-hydrogen) atoms. The number of aromatic nitrogens is 3. The molecule has 1 aromatic carbocycles. The van der Waals surface area contributed by atoms with Crippen molar-refractivity contribution in [2.45, 2.75) is 94.1 Å². The van der Waals surface area contributed by atoms with Crippen LogP contribution in [0, 0.1) is 0 Å². The van der Waals surface area contributed by atoms with Crippen molar-refractivity contribution in [1.29, 1.82) is 0 Å². The van der Waals surface area contributed by atoms with Gasteiger partial charge >= 0.3 is 0 Å². The number of carbonyl (C=O) groups is 1. The highest BCUT2D eigenvalue weighted by Gasteiger charge is 2.29. The van der Waals surface area contributed by atoms with Crippen LogP contribution < -0.4 is 5.32 Å². The lowest BCUT2D eigenvalue weighted by Gasteiger charge is -2.20. The summed E-state index contributed by atoms with van der Waals surface area (Å²) in [6.07, 6.45) is 7.01. The molecule has 1 heterocycles. The molecule has 0 spiro atoms. The zero-order valence-corrected chi connectivity index (χ0v) is 18.8. The van der Waals surface area contributed by atoms with Crippen molar-refractivity contribution in [2.75, 3.05) is 0 Å². The highest BCUT2D eigenvalue weighted by Crippen LogP contribution is 2.38. The Morgan fingerprint density at radius 3 is 2.34 bits per heavy atom. The minimum Gasteiger partial charge on any atom is -0.352 e. The second kappa shape index (κ2) is 8.13. The molecule has 2 aromatic rings. The molecule has 0 bridgehead atoms. The Kier molecular flexibility index (Phi) is 5.74. The molecular formula is C23H32N4OS. The second-order valence-corrected chi connectivity index (χ2v) is 10.8. The highest BCUT2D eigenvalue weighted by molar-refractivity contribution is 8.00. The summed E-state index contributed by atoms with van der Waals surface area (Å²) in [6.45, 7) is 8.65. The summed E-state index contributed by atoms with van der Waals surface area (Å²) < 4.78 is 2.30. The molecule has 0 aliphatic heterocycles. The Balaban J connectivity index is 1.61. The molecule has 2 aliphatic rings. The Hall–Kier alpha value is -1.82. The molecule has 0 saturated heterocycles. The number of carbonyl (C=O) groups excluding carboxylic acids is 1. The summed E-state index contributed by atoms with van der Waals surface area (Å²) in [4.78, 5) is 12.4. The summed E-state index contributed by atoms with van der Waals surface area (Å²) in [5, 5.41) is 12.9. The van der Waals surface area contributed by atoms with Crippen molar-refractivity contribution < 1.29 is 4.79 Å². The van der Waals surface area contributed by atoms with Crippen LogP contribution in [0.15, 0.2) is 29.4 Å². The van der Waals surface area contributed by atoms with Gasteiger partial charge in [-0.25, -0.2) is 0 Å². The second-order valence-electron chi connectivity index (χ2n) is 9.48. The monoisotopic (exact) mass is 412 g/mol. The molecule has 0 radical (unpaired) electrons. The van der Waals surface area contributed by atoms with Crippen molar-refractivity contribution in [3.05, 3.63) is 29.8 Å². The van der Waals surface area contributed by atoms with E-state index in [1.807, 2.05) is 6.92 Å². The number of nitrogens with zero attached hydrogens (tertiary/aromatic N) is 3. The Bertz CT molecular complexity index is 858. The van der Waals surface area contributed by atoms with Gasteiger partial charge in [0.05, 0.1) is 5.25 Å². The van der Waals surface area contributed by atoms with Crippen LogP contribution in [-0.4, -0.2) is 32.0 Å². The van der Waals surface area contributed by atoms with Crippen LogP contribution in [0.4, 0.5) is 0 Å². The Morgan fingerprint density at radius 1 is 1.10 bits per heavy atom. The van der Waals surface area contributed by atoms with Crippen LogP contribution in [0.25, 0.3) is 11.4 Å². The average molecular weight is 413 g/mol. The molecule has 1 aromatic heterocycles. The van der Waals surface area contributed by atoms with E-state index in [9.17, 15) is 4.79 Å². The van der Waals surface area contributed by atoms with Gasteiger partial charge in [0, 0.05) is 17.6 Å². The summed E-state index contributed by atoms with van der Waals surface area (Å²) in [5.41, 5.74) is 2.54. The lowest BCUT2D eigenvalue weighted by Crippen LogP contribution is -2.32. The van der Waals surface area contributed by atoms with Crippen LogP contribution in [0.5, 0.6) is 0 Å². The van der Waals surface area contributed by atoms with E-state index in [0.717, 1.165) is 42.2 Å². The third kappa shape index (κ3) is 4.68. The fraction of sp³-hybridized carbons (Fsp3) is 0.609. The van der Waals surface area contributed by atoms with Gasteiger partial charge in [-0.3, -0.25) is 9.36 Å². The van der Waals surface area contributed by atoms with Gasteiger partial charge < -0.3 is 5.32 Å². The summed E-state index contributed by atoms with van der Waals surface area (Å²) in [7, 11) is 0. The molecule has 1 N–H and O–H groups in total. The maximum Gasteiger partial charge on any atom is 0.233 e. The first-order chi connectivity index (χ1) is 13.8. The third-order valence-corrected chi connectivity index (χ3v) is 7.00. The zero-order chi connectivity index (χ0) is 20.6. The fourth-order valence-electron chi connectivity index (χ4n) is 3.92. The number of thioether (sulfide) groups is 1. The van der Waals surface area contributed by atoms with Crippen LogP contribution in [0.3, 0.4) is 0 Å². The van der Waals surface area contributed by atoms with Crippen LogP contribution in [0.2, 0.25) is 0 Å². The topological polar surface area (TPSA) is 59.8 Å². The molecule has 1 amide bonds. The third-order valence-electron chi connectivity index (χ3n) is 5.94.